The van der Waals surface area contributed by atoms with Gasteiger partial charge >= 0.3 is 25.4 Å². The number of carbonyl (C=O) groups is 3. The fraction of sp³-hybridized carbons (Fsp3) is 0.431. The Morgan fingerprint density at radius 1 is 0.385 bits per heavy atom. The van der Waals surface area contributed by atoms with Gasteiger partial charge in [0.05, 0.1) is 61.0 Å². The summed E-state index contributed by atoms with van der Waals surface area (Å²) in [6.07, 6.45) is 12.4. The molecule has 4 fully saturated rings. The molecule has 3 amide bonds. The van der Waals surface area contributed by atoms with Crippen LogP contribution in [0.25, 0.3) is 22.5 Å². The number of nitrogens with one attached hydrogen (secondary N) is 2. The standard InChI is InChI=1S/C19H23ClN4O2.C14H15ClN4.C13H19ClN4O2.C9H18N2O2.C6H6BClO2.C4H2Cl2N2/c1-19(2,3)26-18(25)24-10-8-23(9-11-24)17-13-21-12-16(22-17)14-4-6-15(20)7-5-14;15-12-3-1-11(2-4-12)13-9-17-10-14(18-13)19-7-5-16-6-8-19;1-13(2,3)20-12(19)18-6-4-17(5-7-18)11-9-15-8-10(14)16-11;1-9(2,3)13-8(12)11-6-4-10-5-7-11;8-6-3-1-5(2-4-6)7(9)10;5-3-1-7-2-4(6)8-3/h4-7,12-13H,8-11H2,1-3H3;1-4,9-10,16H,5-8H2;8-9H,4-7H2,1-3H3;10H,4-7H2,1-3H3;1-4,9-10H;1-2H. The first-order chi connectivity index (χ1) is 45.5. The Balaban J connectivity index is 0.000000189. The Kier molecular flexibility index (Phi) is 30.9. The molecule has 11 rings (SSSR count). The van der Waals surface area contributed by atoms with E-state index in [2.05, 4.69) is 60.2 Å². The summed E-state index contributed by atoms with van der Waals surface area (Å²) in [7, 11) is -1.41. The van der Waals surface area contributed by atoms with E-state index in [9.17, 15) is 14.4 Å². The Labute approximate surface area is 592 Å². The normalized spacial score (nSPS) is 14.8. The van der Waals surface area contributed by atoms with Crippen molar-refractivity contribution in [1.82, 2.24) is 65.2 Å². The van der Waals surface area contributed by atoms with Crippen molar-refractivity contribution in [2.75, 3.05) is 119 Å². The molecule has 4 aromatic heterocycles. The second-order valence-electron chi connectivity index (χ2n) is 24.7. The molecule has 31 heteroatoms. The highest BCUT2D eigenvalue weighted by molar-refractivity contribution is 6.58. The molecule has 0 atom stereocenters. The van der Waals surface area contributed by atoms with Crippen LogP contribution in [0.4, 0.5) is 31.8 Å². The number of hydrogen-bond acceptors (Lipinski definition) is 21. The van der Waals surface area contributed by atoms with Crippen LogP contribution >= 0.6 is 69.6 Å². The van der Waals surface area contributed by atoms with E-state index in [-0.39, 0.29) is 23.9 Å². The third-order valence-electron chi connectivity index (χ3n) is 13.6. The topological polar surface area (TPSA) is 266 Å². The van der Waals surface area contributed by atoms with Crippen molar-refractivity contribution in [1.29, 1.82) is 0 Å². The van der Waals surface area contributed by atoms with Crippen LogP contribution in [0.2, 0.25) is 30.5 Å². The number of rotatable bonds is 6. The van der Waals surface area contributed by atoms with Crippen LogP contribution in [0.5, 0.6) is 0 Å². The van der Waals surface area contributed by atoms with Crippen molar-refractivity contribution in [2.45, 2.75) is 79.1 Å². The fourth-order valence-electron chi connectivity index (χ4n) is 8.93. The molecular formula is C65H83BCl6N16O8. The number of benzene rings is 3. The number of piperazine rings is 4. The number of amides is 3. The maximum absolute atomic E-state index is 12.2. The molecule has 0 spiro atoms. The SMILES string of the molecule is CC(C)(C)OC(=O)N1CCN(c2cncc(-c3ccc(Cl)cc3)n2)CC1.CC(C)(C)OC(=O)N1CCN(c2cncc(Cl)n2)CC1.CC(C)(C)OC(=O)N1CCNCC1.Clc1ccc(-c2cncc(N3CCNCC3)n2)cc1.Clc1cncc(Cl)n1.OB(O)c1ccc(Cl)cc1. The molecule has 4 aliphatic heterocycles. The van der Waals surface area contributed by atoms with Crippen LogP contribution in [0.3, 0.4) is 0 Å². The Morgan fingerprint density at radius 3 is 1.00 bits per heavy atom. The third-order valence-corrected chi connectivity index (χ3v) is 14.9. The summed E-state index contributed by atoms with van der Waals surface area (Å²) in [6.45, 7) is 29.2. The van der Waals surface area contributed by atoms with Crippen LogP contribution < -0.4 is 30.8 Å². The van der Waals surface area contributed by atoms with Crippen LogP contribution in [0.1, 0.15) is 62.3 Å². The number of ether oxygens (including phenoxy) is 3. The van der Waals surface area contributed by atoms with Crippen molar-refractivity contribution in [3.05, 3.63) is 153 Å². The van der Waals surface area contributed by atoms with Crippen LogP contribution in [0.15, 0.2) is 122 Å². The minimum absolute atomic E-state index is 0.200. The number of carbonyl (C=O) groups excluding carboxylic acids is 3. The van der Waals surface area contributed by atoms with Crippen molar-refractivity contribution in [3.63, 3.8) is 0 Å². The number of aromatic nitrogens is 8. The Bertz CT molecular complexity index is 3500. The summed E-state index contributed by atoms with van der Waals surface area (Å²) < 4.78 is 16.0. The number of hydrogen-bond donors (Lipinski definition) is 4. The quantitative estimate of drug-likeness (QED) is 0.0890. The molecule has 24 nitrogen and oxygen atoms in total. The predicted molar refractivity (Wildman–Crippen MR) is 381 cm³/mol. The summed E-state index contributed by atoms with van der Waals surface area (Å²) in [6, 6.07) is 21.5. The third kappa shape index (κ3) is 28.5. The van der Waals surface area contributed by atoms with Gasteiger partial charge in [-0.2, -0.15) is 0 Å². The van der Waals surface area contributed by atoms with Gasteiger partial charge in [-0.3, -0.25) is 19.9 Å². The second kappa shape index (κ2) is 38.1. The van der Waals surface area contributed by atoms with E-state index < -0.39 is 18.3 Å². The van der Waals surface area contributed by atoms with Gasteiger partial charge in [0.2, 0.25) is 0 Å². The van der Waals surface area contributed by atoms with Crippen LogP contribution in [-0.2, 0) is 14.2 Å². The van der Waals surface area contributed by atoms with Gasteiger partial charge in [-0.05, 0) is 104 Å². The average molecular weight is 1440 g/mol. The lowest BCUT2D eigenvalue weighted by molar-refractivity contribution is 0.0221. The number of anilines is 3. The van der Waals surface area contributed by atoms with E-state index in [1.54, 1.807) is 63.8 Å². The van der Waals surface area contributed by atoms with E-state index >= 15 is 0 Å². The van der Waals surface area contributed by atoms with Crippen LogP contribution in [0, 0.1) is 0 Å². The molecule has 0 radical (unpaired) electrons. The van der Waals surface area contributed by atoms with E-state index in [4.69, 9.17) is 98.8 Å². The number of nitrogens with zero attached hydrogens (tertiary/aromatic N) is 14. The molecule has 0 aliphatic carbocycles. The maximum Gasteiger partial charge on any atom is 0.488 e. The summed E-state index contributed by atoms with van der Waals surface area (Å²) in [5.74, 6) is 2.48. The average Bonchev–Trinajstić information content (AvgIpc) is 1.34. The highest BCUT2D eigenvalue weighted by Gasteiger charge is 2.29. The Morgan fingerprint density at radius 2 is 0.677 bits per heavy atom. The highest BCUT2D eigenvalue weighted by atomic mass is 35.5. The first kappa shape index (κ1) is 77.8. The minimum Gasteiger partial charge on any atom is -0.444 e. The molecule has 8 heterocycles. The first-order valence-corrected chi connectivity index (χ1v) is 33.2. The van der Waals surface area contributed by atoms with Gasteiger partial charge in [-0.15, -0.1) is 0 Å². The molecule has 96 heavy (non-hydrogen) atoms. The van der Waals surface area contributed by atoms with E-state index in [1.807, 2.05) is 117 Å². The summed E-state index contributed by atoms with van der Waals surface area (Å²) >= 11 is 34.0. The van der Waals surface area contributed by atoms with Gasteiger partial charge in [0.25, 0.3) is 0 Å². The predicted octanol–water partition coefficient (Wildman–Crippen LogP) is 10.9. The minimum atomic E-state index is -1.41. The molecule has 0 saturated carbocycles. The van der Waals surface area contributed by atoms with E-state index in [0.29, 0.717) is 83.3 Å². The first-order valence-electron chi connectivity index (χ1n) is 31.0. The van der Waals surface area contributed by atoms with Gasteiger partial charge in [-0.25, -0.2) is 34.3 Å². The lowest BCUT2D eigenvalue weighted by Crippen LogP contribution is -2.50. The largest absolute Gasteiger partial charge is 0.488 e. The smallest absolute Gasteiger partial charge is 0.444 e. The van der Waals surface area contributed by atoms with E-state index in [1.165, 1.54) is 18.6 Å². The zero-order chi connectivity index (χ0) is 70.0. The fourth-order valence-corrected chi connectivity index (χ4v) is 9.79. The lowest BCUT2D eigenvalue weighted by Gasteiger charge is -2.36. The van der Waals surface area contributed by atoms with E-state index in [0.717, 1.165) is 97.3 Å². The highest BCUT2D eigenvalue weighted by Crippen LogP contribution is 2.25. The molecular weight excluding hydrogens is 1360 g/mol. The maximum atomic E-state index is 12.2. The van der Waals surface area contributed by atoms with Crippen molar-refractivity contribution in [3.8, 4) is 22.5 Å². The van der Waals surface area contributed by atoms with Crippen molar-refractivity contribution < 1.29 is 38.6 Å². The molecule has 3 aromatic carbocycles. The van der Waals surface area contributed by atoms with Gasteiger partial charge in [-0.1, -0.05) is 106 Å². The molecule has 4 N–H and O–H groups in total. The number of halogens is 6. The summed E-state index contributed by atoms with van der Waals surface area (Å²) in [5, 5.41) is 26.8. The monoisotopic (exact) mass is 1440 g/mol. The van der Waals surface area contributed by atoms with Crippen molar-refractivity contribution >= 4 is 118 Å². The second-order valence-corrected chi connectivity index (χ2v) is 27.2. The summed E-state index contributed by atoms with van der Waals surface area (Å²) in [5.41, 5.74) is 2.80. The zero-order valence-corrected chi connectivity index (χ0v) is 59.8. The molecule has 4 aliphatic rings. The van der Waals surface area contributed by atoms with Crippen molar-refractivity contribution in [2.24, 2.45) is 0 Å². The van der Waals surface area contributed by atoms with Crippen LogP contribution in [-0.4, -0.2) is 212 Å². The zero-order valence-electron chi connectivity index (χ0n) is 55.3. The van der Waals surface area contributed by atoms with Gasteiger partial charge in [0.1, 0.15) is 49.7 Å². The molecule has 0 unspecified atom stereocenters. The van der Waals surface area contributed by atoms with Gasteiger partial charge < -0.3 is 64.3 Å². The molecule has 4 saturated heterocycles. The molecule has 0 bridgehead atoms. The lowest BCUT2D eigenvalue weighted by atomic mass is 9.81. The van der Waals surface area contributed by atoms with Gasteiger partial charge in [0, 0.05) is 131 Å². The molecule has 516 valence electrons. The van der Waals surface area contributed by atoms with Gasteiger partial charge in [0.15, 0.2) is 0 Å². The Hall–Kier alpha value is -7.17. The molecule has 7 aromatic rings. The summed E-state index contributed by atoms with van der Waals surface area (Å²) in [4.78, 5) is 80.8.